The summed E-state index contributed by atoms with van der Waals surface area (Å²) in [4.78, 5) is 12.1. The molecule has 7 heteroatoms. The second-order valence-electron chi connectivity index (χ2n) is 5.04. The molecule has 0 radical (unpaired) electrons. The normalized spacial score (nSPS) is 25.6. The van der Waals surface area contributed by atoms with Gasteiger partial charge in [0.25, 0.3) is 0 Å². The van der Waals surface area contributed by atoms with Gasteiger partial charge in [-0.2, -0.15) is 0 Å². The molecule has 0 bridgehead atoms. The molecule has 21 heavy (non-hydrogen) atoms. The lowest BCUT2D eigenvalue weighted by Gasteiger charge is -2.13. The molecule has 0 aromatic heterocycles. The number of thioether (sulfide) groups is 2. The Morgan fingerprint density at radius 2 is 2.10 bits per heavy atom. The van der Waals surface area contributed by atoms with E-state index in [-0.39, 0.29) is 24.4 Å². The fourth-order valence-electron chi connectivity index (χ4n) is 2.46. The summed E-state index contributed by atoms with van der Waals surface area (Å²) < 4.78 is 0.485. The molecule has 2 unspecified atom stereocenters. The molecule has 3 rings (SSSR count). The van der Waals surface area contributed by atoms with Crippen LogP contribution < -0.4 is 10.6 Å². The van der Waals surface area contributed by atoms with Crippen molar-refractivity contribution in [3.05, 3.63) is 29.8 Å². The van der Waals surface area contributed by atoms with Gasteiger partial charge < -0.3 is 15.7 Å². The zero-order chi connectivity index (χ0) is 13.9. The van der Waals surface area contributed by atoms with Crippen LogP contribution in [-0.4, -0.2) is 41.2 Å². The van der Waals surface area contributed by atoms with E-state index in [1.165, 1.54) is 17.1 Å². The molecule has 0 aliphatic carbocycles. The Bertz CT molecular complexity index is 498. The zero-order valence-electron chi connectivity index (χ0n) is 11.5. The van der Waals surface area contributed by atoms with Gasteiger partial charge in [0.15, 0.2) is 0 Å². The molecule has 1 aromatic carbocycles. The first-order valence-electron chi connectivity index (χ1n) is 6.78. The van der Waals surface area contributed by atoms with Crippen molar-refractivity contribution >= 4 is 47.5 Å². The lowest BCUT2D eigenvalue weighted by atomic mass is 10.1. The first-order valence-corrected chi connectivity index (χ1v) is 8.87. The molecule has 1 aromatic rings. The molecule has 0 spiro atoms. The largest absolute Gasteiger partial charge is 0.392 e. The lowest BCUT2D eigenvalue weighted by molar-refractivity contribution is -0.117. The van der Waals surface area contributed by atoms with Gasteiger partial charge in [-0.1, -0.05) is 12.1 Å². The molecule has 2 aliphatic heterocycles. The van der Waals surface area contributed by atoms with Crippen LogP contribution in [0.25, 0.3) is 0 Å². The summed E-state index contributed by atoms with van der Waals surface area (Å²) in [7, 11) is 0. The van der Waals surface area contributed by atoms with Crippen molar-refractivity contribution < 1.29 is 9.90 Å². The molecule has 2 aliphatic rings. The fourth-order valence-corrected chi connectivity index (χ4v) is 5.30. The topological polar surface area (TPSA) is 61.4 Å². The van der Waals surface area contributed by atoms with E-state index >= 15 is 0 Å². The van der Waals surface area contributed by atoms with E-state index in [2.05, 4.69) is 22.8 Å². The number of aliphatic hydroxyl groups excluding tert-OH is 1. The highest BCUT2D eigenvalue weighted by Gasteiger charge is 2.28. The quantitative estimate of drug-likeness (QED) is 0.783. The van der Waals surface area contributed by atoms with Crippen molar-refractivity contribution in [3.63, 3.8) is 0 Å². The van der Waals surface area contributed by atoms with Crippen LogP contribution >= 0.6 is 35.9 Å². The first kappa shape index (κ1) is 17.0. The number of nitrogens with one attached hydrogen (secondary N) is 2. The van der Waals surface area contributed by atoms with E-state index in [1.54, 1.807) is 0 Å². The molecule has 116 valence electrons. The Hall–Kier alpha value is -0.400. The Labute approximate surface area is 139 Å². The maximum atomic E-state index is 12.1. The van der Waals surface area contributed by atoms with Crippen molar-refractivity contribution in [3.8, 4) is 0 Å². The summed E-state index contributed by atoms with van der Waals surface area (Å²) in [5, 5.41) is 15.4. The molecule has 2 atom stereocenters. The van der Waals surface area contributed by atoms with Crippen LogP contribution in [0, 0.1) is 0 Å². The maximum Gasteiger partial charge on any atom is 0.241 e. The summed E-state index contributed by atoms with van der Waals surface area (Å²) in [6, 6.07) is 7.78. The van der Waals surface area contributed by atoms with Gasteiger partial charge in [-0.15, -0.1) is 35.9 Å². The molecule has 0 saturated carbocycles. The number of halogens is 1. The van der Waals surface area contributed by atoms with Crippen LogP contribution in [0.2, 0.25) is 0 Å². The van der Waals surface area contributed by atoms with Crippen LogP contribution in [0.15, 0.2) is 24.3 Å². The summed E-state index contributed by atoms with van der Waals surface area (Å²) in [6.07, 6.45) is 0.0724. The second-order valence-corrected chi connectivity index (χ2v) is 7.76. The van der Waals surface area contributed by atoms with Crippen molar-refractivity contribution in [2.75, 3.05) is 23.4 Å². The van der Waals surface area contributed by atoms with Gasteiger partial charge in [-0.25, -0.2) is 0 Å². The van der Waals surface area contributed by atoms with Crippen molar-refractivity contribution in [2.24, 2.45) is 0 Å². The van der Waals surface area contributed by atoms with E-state index < -0.39 is 6.10 Å². The molecule has 2 saturated heterocycles. The van der Waals surface area contributed by atoms with Gasteiger partial charge >= 0.3 is 0 Å². The average molecular weight is 347 g/mol. The van der Waals surface area contributed by atoms with Gasteiger partial charge in [0, 0.05) is 23.7 Å². The predicted octanol–water partition coefficient (Wildman–Crippen LogP) is 2.25. The first-order chi connectivity index (χ1) is 9.72. The number of carbonyl (C=O) groups excluding carboxylic acids is 1. The highest BCUT2D eigenvalue weighted by molar-refractivity contribution is 8.19. The van der Waals surface area contributed by atoms with Gasteiger partial charge in [-0.05, 0) is 24.1 Å². The van der Waals surface area contributed by atoms with Crippen LogP contribution in [0.1, 0.15) is 16.6 Å². The minimum atomic E-state index is -0.414. The number of amides is 1. The van der Waals surface area contributed by atoms with Gasteiger partial charge in [0.2, 0.25) is 5.91 Å². The zero-order valence-corrected chi connectivity index (χ0v) is 13.9. The number of carbonyl (C=O) groups is 1. The third-order valence-corrected chi connectivity index (χ3v) is 6.58. The number of hydrogen-bond acceptors (Lipinski definition) is 5. The third kappa shape index (κ3) is 4.29. The highest BCUT2D eigenvalue weighted by atomic mass is 35.5. The van der Waals surface area contributed by atoms with E-state index in [0.717, 1.165) is 5.69 Å². The Morgan fingerprint density at radius 3 is 2.76 bits per heavy atom. The molecule has 1 amide bonds. The smallest absolute Gasteiger partial charge is 0.241 e. The number of hydrogen-bond donors (Lipinski definition) is 3. The minimum absolute atomic E-state index is 0. The Morgan fingerprint density at radius 1 is 1.33 bits per heavy atom. The summed E-state index contributed by atoms with van der Waals surface area (Å²) in [5.41, 5.74) is 2.10. The SMILES string of the molecule is Cl.O=C(Nc1cccc(C2SCCS2)c1)C1CC(O)CN1. The molecular formula is C14H19ClN2O2S2. The lowest BCUT2D eigenvalue weighted by Crippen LogP contribution is -2.35. The maximum absolute atomic E-state index is 12.1. The molecule has 2 heterocycles. The summed E-state index contributed by atoms with van der Waals surface area (Å²) >= 11 is 3.91. The van der Waals surface area contributed by atoms with Crippen molar-refractivity contribution in [1.29, 1.82) is 0 Å². The second kappa shape index (κ2) is 7.74. The summed E-state index contributed by atoms with van der Waals surface area (Å²) in [6.45, 7) is 0.494. The van der Waals surface area contributed by atoms with Gasteiger partial charge in [0.05, 0.1) is 16.7 Å². The number of β-amino-alcohol motifs (C(OH)–C–C–N with tert-alkyl or cyclic N) is 1. The van der Waals surface area contributed by atoms with E-state index in [4.69, 9.17) is 0 Å². The Kier molecular flexibility index (Phi) is 6.25. The fraction of sp³-hybridized carbons (Fsp3) is 0.500. The number of aliphatic hydroxyl groups is 1. The molecule has 3 N–H and O–H groups in total. The number of benzene rings is 1. The molecule has 2 fully saturated rings. The standard InChI is InChI=1S/C14H18N2O2S2.ClH/c17-11-7-12(15-8-11)13(18)16-10-3-1-2-9(6-10)14-19-4-5-20-14;/h1-3,6,11-12,14-15,17H,4-5,7-8H2,(H,16,18);1H. The summed E-state index contributed by atoms with van der Waals surface area (Å²) in [5.74, 6) is 2.32. The van der Waals surface area contributed by atoms with Crippen molar-refractivity contribution in [1.82, 2.24) is 5.32 Å². The van der Waals surface area contributed by atoms with Crippen LogP contribution in [0.4, 0.5) is 5.69 Å². The number of anilines is 1. The Balaban J connectivity index is 0.00000161. The average Bonchev–Trinajstić information content (AvgIpc) is 3.10. The van der Waals surface area contributed by atoms with Crippen LogP contribution in [-0.2, 0) is 4.79 Å². The van der Waals surface area contributed by atoms with Gasteiger partial charge in [-0.3, -0.25) is 4.79 Å². The van der Waals surface area contributed by atoms with E-state index in [0.29, 0.717) is 17.5 Å². The predicted molar refractivity (Wildman–Crippen MR) is 92.4 cm³/mol. The van der Waals surface area contributed by atoms with Crippen LogP contribution in [0.5, 0.6) is 0 Å². The van der Waals surface area contributed by atoms with E-state index in [1.807, 2.05) is 35.7 Å². The number of rotatable bonds is 3. The minimum Gasteiger partial charge on any atom is -0.392 e. The van der Waals surface area contributed by atoms with Gasteiger partial charge in [0.1, 0.15) is 0 Å². The highest BCUT2D eigenvalue weighted by Crippen LogP contribution is 2.45. The molecular weight excluding hydrogens is 328 g/mol. The monoisotopic (exact) mass is 346 g/mol. The van der Waals surface area contributed by atoms with Crippen LogP contribution in [0.3, 0.4) is 0 Å². The third-order valence-electron chi connectivity index (χ3n) is 3.47. The van der Waals surface area contributed by atoms with Crippen molar-refractivity contribution in [2.45, 2.75) is 23.1 Å². The van der Waals surface area contributed by atoms with E-state index in [9.17, 15) is 9.90 Å². The molecule has 4 nitrogen and oxygen atoms in total.